The number of nitrogens with zero attached hydrogens (tertiary/aromatic N) is 1. The maximum Gasteiger partial charge on any atom is 0.231 e. The number of halogens is 1. The molecule has 2 heterocycles. The van der Waals surface area contributed by atoms with Crippen molar-refractivity contribution in [2.75, 3.05) is 18.9 Å². The number of nitrogens with one attached hydrogen (secondary N) is 1. The Kier molecular flexibility index (Phi) is 3.33. The summed E-state index contributed by atoms with van der Waals surface area (Å²) in [6.45, 7) is 0.832. The van der Waals surface area contributed by atoms with Gasteiger partial charge in [-0.1, -0.05) is 22.0 Å². The number of benzene rings is 1. The number of hydrogen-bond donors (Lipinski definition) is 2. The van der Waals surface area contributed by atoms with Gasteiger partial charge in [0.25, 0.3) is 0 Å². The van der Waals surface area contributed by atoms with Crippen molar-refractivity contribution in [3.05, 3.63) is 23.3 Å². The predicted molar refractivity (Wildman–Crippen MR) is 97.8 cm³/mol. The first-order valence-corrected chi connectivity index (χ1v) is 10.2. The normalized spacial score (nSPS) is 37.1. The second-order valence-electron chi connectivity index (χ2n) is 7.99. The van der Waals surface area contributed by atoms with E-state index in [0.29, 0.717) is 18.6 Å². The van der Waals surface area contributed by atoms with Crippen molar-refractivity contribution >= 4 is 27.6 Å². The highest BCUT2D eigenvalue weighted by Gasteiger charge is 2.73. The largest absolute Gasteiger partial charge is 0.504 e. The maximum absolute atomic E-state index is 12.9. The Morgan fingerprint density at radius 1 is 1.46 bits per heavy atom. The number of phenols is 1. The predicted octanol–water partition coefficient (Wildman–Crippen LogP) is 1.26. The monoisotopic (exact) mass is 420 g/mol. The van der Waals surface area contributed by atoms with E-state index in [2.05, 4.69) is 33.2 Å². The van der Waals surface area contributed by atoms with Crippen molar-refractivity contribution in [2.45, 2.75) is 48.8 Å². The van der Waals surface area contributed by atoms with Crippen LogP contribution in [0.4, 0.5) is 0 Å². The molecule has 1 saturated heterocycles. The standard InChI is InChI=1S/C19H21BrN2O4/c1-22-7-6-18-15-10-2-3-11(23)16(15)26-17(18)12(24)4-5-19(18,13(22)8-10)21-14(25)9-20/h2-3,13,17,23H,4-9H2,1H3,(H,21,25)/t13-,17+,18?,19?/m0/s1. The van der Waals surface area contributed by atoms with Gasteiger partial charge in [-0.3, -0.25) is 9.59 Å². The van der Waals surface area contributed by atoms with Gasteiger partial charge in [0, 0.05) is 18.0 Å². The van der Waals surface area contributed by atoms with E-state index in [1.165, 1.54) is 0 Å². The highest BCUT2D eigenvalue weighted by molar-refractivity contribution is 9.09. The van der Waals surface area contributed by atoms with Gasteiger partial charge in [-0.2, -0.15) is 0 Å². The summed E-state index contributed by atoms with van der Waals surface area (Å²) in [7, 11) is 2.09. The molecular formula is C19H21BrN2O4. The number of carbonyl (C=O) groups is 2. The molecule has 6 nitrogen and oxygen atoms in total. The summed E-state index contributed by atoms with van der Waals surface area (Å²) in [5, 5.41) is 13.9. The minimum atomic E-state index is -0.634. The van der Waals surface area contributed by atoms with Gasteiger partial charge in [0.1, 0.15) is 0 Å². The van der Waals surface area contributed by atoms with Gasteiger partial charge in [0.15, 0.2) is 23.4 Å². The average molecular weight is 421 g/mol. The van der Waals surface area contributed by atoms with Crippen LogP contribution in [0.15, 0.2) is 12.1 Å². The fourth-order valence-corrected chi connectivity index (χ4v) is 6.26. The number of likely N-dealkylation sites (tertiary alicyclic amines) is 1. The molecule has 0 radical (unpaired) electrons. The molecular weight excluding hydrogens is 400 g/mol. The molecule has 4 aliphatic rings. The van der Waals surface area contributed by atoms with E-state index in [0.717, 1.165) is 30.5 Å². The molecule has 2 aliphatic heterocycles. The number of rotatable bonds is 2. The first-order valence-electron chi connectivity index (χ1n) is 9.06. The molecule has 5 rings (SSSR count). The zero-order chi connectivity index (χ0) is 18.3. The Balaban J connectivity index is 1.82. The molecule has 2 fully saturated rings. The molecule has 1 aromatic carbocycles. The van der Waals surface area contributed by atoms with E-state index in [1.54, 1.807) is 6.07 Å². The number of ether oxygens (including phenoxy) is 1. The van der Waals surface area contributed by atoms with Gasteiger partial charge in [-0.25, -0.2) is 0 Å². The summed E-state index contributed by atoms with van der Waals surface area (Å²) in [5.74, 6) is 0.525. The van der Waals surface area contributed by atoms with E-state index in [1.807, 2.05) is 6.07 Å². The van der Waals surface area contributed by atoms with E-state index in [4.69, 9.17) is 4.74 Å². The Bertz CT molecular complexity index is 843. The number of carbonyl (C=O) groups excluding carboxylic acids is 2. The highest BCUT2D eigenvalue weighted by Crippen LogP contribution is 2.64. The van der Waals surface area contributed by atoms with Gasteiger partial charge >= 0.3 is 0 Å². The summed E-state index contributed by atoms with van der Waals surface area (Å²) in [5.41, 5.74) is 0.916. The van der Waals surface area contributed by atoms with Gasteiger partial charge in [0.2, 0.25) is 5.91 Å². The lowest BCUT2D eigenvalue weighted by atomic mass is 9.47. The summed E-state index contributed by atoms with van der Waals surface area (Å²) in [6.07, 6.45) is 1.85. The minimum absolute atomic E-state index is 0.0699. The number of piperidine rings is 1. The molecule has 26 heavy (non-hydrogen) atoms. The molecule has 2 aliphatic carbocycles. The number of aromatic hydroxyl groups is 1. The van der Waals surface area contributed by atoms with E-state index >= 15 is 0 Å². The number of alkyl halides is 1. The van der Waals surface area contributed by atoms with E-state index in [9.17, 15) is 14.7 Å². The third-order valence-corrected chi connectivity index (χ3v) is 7.57. The van der Waals surface area contributed by atoms with Crippen molar-refractivity contribution < 1.29 is 19.4 Å². The van der Waals surface area contributed by atoms with Crippen LogP contribution in [0.1, 0.15) is 30.4 Å². The van der Waals surface area contributed by atoms with Gasteiger partial charge in [0.05, 0.1) is 16.3 Å². The molecule has 1 aromatic rings. The first-order chi connectivity index (χ1) is 12.4. The minimum Gasteiger partial charge on any atom is -0.504 e. The molecule has 4 atom stereocenters. The summed E-state index contributed by atoms with van der Waals surface area (Å²) in [4.78, 5) is 27.7. The van der Waals surface area contributed by atoms with Crippen LogP contribution in [0.2, 0.25) is 0 Å². The third-order valence-electron chi connectivity index (χ3n) is 7.06. The maximum atomic E-state index is 12.9. The number of hydrogen-bond acceptors (Lipinski definition) is 5. The second-order valence-corrected chi connectivity index (χ2v) is 8.55. The van der Waals surface area contributed by atoms with Crippen molar-refractivity contribution in [2.24, 2.45) is 0 Å². The Morgan fingerprint density at radius 2 is 2.27 bits per heavy atom. The Hall–Kier alpha value is -1.60. The number of ketones is 1. The SMILES string of the molecule is CN1CCC23c4c5ccc(O)c4O[C@@H]2C(=O)CCC3(NC(=O)CBr)[C@@H]1C5. The van der Waals surface area contributed by atoms with Crippen LogP contribution in [0.25, 0.3) is 0 Å². The first kappa shape index (κ1) is 16.6. The van der Waals surface area contributed by atoms with Crippen LogP contribution in [0, 0.1) is 0 Å². The quantitative estimate of drug-likeness (QED) is 0.704. The average Bonchev–Trinajstić information content (AvgIpc) is 2.99. The zero-order valence-electron chi connectivity index (χ0n) is 14.5. The zero-order valence-corrected chi connectivity index (χ0v) is 16.1. The number of likely N-dealkylation sites (N-methyl/N-ethyl adjacent to an activating group) is 1. The summed E-state index contributed by atoms with van der Waals surface area (Å²) >= 11 is 3.27. The lowest BCUT2D eigenvalue weighted by Crippen LogP contribution is -2.81. The third kappa shape index (κ3) is 1.71. The molecule has 7 heteroatoms. The van der Waals surface area contributed by atoms with Gasteiger partial charge < -0.3 is 20.1 Å². The van der Waals surface area contributed by atoms with Gasteiger partial charge in [-0.15, -0.1) is 0 Å². The summed E-state index contributed by atoms with van der Waals surface area (Å²) < 4.78 is 6.12. The molecule has 1 saturated carbocycles. The van der Waals surface area contributed by atoms with Crippen LogP contribution in [0.5, 0.6) is 11.5 Å². The summed E-state index contributed by atoms with van der Waals surface area (Å²) in [6, 6.07) is 3.71. The Labute approximate surface area is 160 Å². The smallest absolute Gasteiger partial charge is 0.231 e. The van der Waals surface area contributed by atoms with Crippen molar-refractivity contribution in [1.29, 1.82) is 0 Å². The number of amides is 1. The molecule has 138 valence electrons. The lowest BCUT2D eigenvalue weighted by molar-refractivity contribution is -0.148. The molecule has 2 unspecified atom stereocenters. The molecule has 2 N–H and O–H groups in total. The van der Waals surface area contributed by atoms with Crippen LogP contribution < -0.4 is 10.1 Å². The van der Waals surface area contributed by atoms with Crippen LogP contribution >= 0.6 is 15.9 Å². The van der Waals surface area contributed by atoms with E-state index < -0.39 is 17.1 Å². The highest BCUT2D eigenvalue weighted by atomic mass is 79.9. The Morgan fingerprint density at radius 3 is 3.04 bits per heavy atom. The topological polar surface area (TPSA) is 78.9 Å². The fourth-order valence-electron chi connectivity index (χ4n) is 6.12. The fraction of sp³-hybridized carbons (Fsp3) is 0.579. The number of Topliss-reactive ketones (excluding diaryl/α,β-unsaturated/α-hetero) is 1. The van der Waals surface area contributed by atoms with Gasteiger partial charge in [-0.05, 0) is 44.5 Å². The van der Waals surface area contributed by atoms with Crippen molar-refractivity contribution in [3.8, 4) is 11.5 Å². The van der Waals surface area contributed by atoms with Crippen molar-refractivity contribution in [3.63, 3.8) is 0 Å². The molecule has 0 aromatic heterocycles. The molecule has 1 amide bonds. The second kappa shape index (κ2) is 5.23. The van der Waals surface area contributed by atoms with Crippen molar-refractivity contribution in [1.82, 2.24) is 10.2 Å². The van der Waals surface area contributed by atoms with Crippen LogP contribution in [-0.4, -0.2) is 58.3 Å². The van der Waals surface area contributed by atoms with Crippen LogP contribution in [-0.2, 0) is 21.4 Å². The molecule has 2 bridgehead atoms. The number of phenolic OH excluding ortho intramolecular Hbond substituents is 1. The molecule has 1 spiro atoms. The lowest BCUT2D eigenvalue weighted by Gasteiger charge is -2.64. The van der Waals surface area contributed by atoms with Crippen LogP contribution in [0.3, 0.4) is 0 Å². The van der Waals surface area contributed by atoms with E-state index in [-0.39, 0.29) is 28.8 Å².